The lowest BCUT2D eigenvalue weighted by Crippen LogP contribution is -2.33. The van der Waals surface area contributed by atoms with Gasteiger partial charge in [0.25, 0.3) is 0 Å². The quantitative estimate of drug-likeness (QED) is 0.655. The molecule has 0 radical (unpaired) electrons. The Hall–Kier alpha value is -0.130. The summed E-state index contributed by atoms with van der Waals surface area (Å²) in [6, 6.07) is -0.265. The number of aliphatic hydroxyl groups excluding tert-OH is 1. The third kappa shape index (κ3) is 3.62. The molecule has 0 aromatic heterocycles. The zero-order valence-electron chi connectivity index (χ0n) is 7.65. The Morgan fingerprint density at radius 1 is 1.54 bits per heavy atom. The summed E-state index contributed by atoms with van der Waals surface area (Å²) in [7, 11) is -2.82. The number of rotatable bonds is 3. The zero-order chi connectivity index (χ0) is 9.90. The average Bonchev–Trinajstić information content (AvgIpc) is 2.02. The lowest BCUT2D eigenvalue weighted by molar-refractivity contribution is 0.244. The Bertz CT molecular complexity index is 250. The van der Waals surface area contributed by atoms with Crippen molar-refractivity contribution in [1.82, 2.24) is 0 Å². The SMILES string of the molecule is NC(CO)CC1CCCS(=O)(=O)C1. The number of aliphatic hydroxyl groups is 1. The monoisotopic (exact) mass is 207 g/mol. The molecule has 1 rings (SSSR count). The zero-order valence-corrected chi connectivity index (χ0v) is 8.46. The van der Waals surface area contributed by atoms with Crippen LogP contribution in [0.1, 0.15) is 19.3 Å². The molecule has 2 atom stereocenters. The van der Waals surface area contributed by atoms with Crippen molar-refractivity contribution < 1.29 is 13.5 Å². The van der Waals surface area contributed by atoms with Crippen LogP contribution in [0.3, 0.4) is 0 Å². The largest absolute Gasteiger partial charge is 0.395 e. The van der Waals surface area contributed by atoms with Crippen LogP contribution in [0.2, 0.25) is 0 Å². The van der Waals surface area contributed by atoms with E-state index in [4.69, 9.17) is 10.8 Å². The van der Waals surface area contributed by atoms with E-state index in [1.807, 2.05) is 0 Å². The van der Waals surface area contributed by atoms with Gasteiger partial charge < -0.3 is 10.8 Å². The number of hydrogen-bond acceptors (Lipinski definition) is 4. The molecule has 1 aliphatic heterocycles. The highest BCUT2D eigenvalue weighted by atomic mass is 32.2. The van der Waals surface area contributed by atoms with Gasteiger partial charge in [0.15, 0.2) is 9.84 Å². The second kappa shape index (κ2) is 4.39. The van der Waals surface area contributed by atoms with Crippen molar-refractivity contribution in [3.8, 4) is 0 Å². The summed E-state index contributed by atoms with van der Waals surface area (Å²) in [5, 5.41) is 8.72. The Kier molecular flexibility index (Phi) is 3.70. The van der Waals surface area contributed by atoms with Crippen molar-refractivity contribution in [3.63, 3.8) is 0 Å². The van der Waals surface area contributed by atoms with Gasteiger partial charge in [0.1, 0.15) is 0 Å². The molecule has 0 amide bonds. The molecule has 0 bridgehead atoms. The van der Waals surface area contributed by atoms with Gasteiger partial charge in [-0.2, -0.15) is 0 Å². The van der Waals surface area contributed by atoms with E-state index < -0.39 is 9.84 Å². The molecule has 13 heavy (non-hydrogen) atoms. The molecule has 78 valence electrons. The molecule has 0 aromatic carbocycles. The van der Waals surface area contributed by atoms with E-state index in [0.29, 0.717) is 12.2 Å². The normalized spacial score (nSPS) is 29.8. The summed E-state index contributed by atoms with van der Waals surface area (Å²) in [4.78, 5) is 0. The predicted molar refractivity (Wildman–Crippen MR) is 51.1 cm³/mol. The van der Waals surface area contributed by atoms with Gasteiger partial charge in [-0.15, -0.1) is 0 Å². The van der Waals surface area contributed by atoms with Gasteiger partial charge in [0, 0.05) is 6.04 Å². The molecule has 0 spiro atoms. The second-order valence-corrected chi connectivity index (χ2v) is 6.03. The molecule has 0 saturated carbocycles. The fourth-order valence-corrected chi connectivity index (χ4v) is 3.60. The highest BCUT2D eigenvalue weighted by molar-refractivity contribution is 7.91. The predicted octanol–water partition coefficient (Wildman–Crippen LogP) is -0.479. The van der Waals surface area contributed by atoms with E-state index >= 15 is 0 Å². The van der Waals surface area contributed by atoms with Gasteiger partial charge in [-0.25, -0.2) is 8.42 Å². The first-order chi connectivity index (χ1) is 6.03. The van der Waals surface area contributed by atoms with Crippen molar-refractivity contribution in [2.45, 2.75) is 25.3 Å². The van der Waals surface area contributed by atoms with Crippen molar-refractivity contribution >= 4 is 9.84 Å². The highest BCUT2D eigenvalue weighted by Gasteiger charge is 2.25. The minimum atomic E-state index is -2.82. The van der Waals surface area contributed by atoms with E-state index in [1.54, 1.807) is 0 Å². The minimum Gasteiger partial charge on any atom is -0.395 e. The number of hydrogen-bond donors (Lipinski definition) is 2. The van der Waals surface area contributed by atoms with E-state index in [9.17, 15) is 8.42 Å². The van der Waals surface area contributed by atoms with Crippen LogP contribution in [-0.2, 0) is 9.84 Å². The van der Waals surface area contributed by atoms with E-state index in [0.717, 1.165) is 12.8 Å². The molecule has 0 aliphatic carbocycles. The standard InChI is InChI=1S/C8H17NO3S/c9-8(5-10)4-7-2-1-3-13(11,12)6-7/h7-8,10H,1-6,9H2. The molecular weight excluding hydrogens is 190 g/mol. The van der Waals surface area contributed by atoms with Crippen molar-refractivity contribution in [2.24, 2.45) is 11.7 Å². The lowest BCUT2D eigenvalue weighted by atomic mass is 9.97. The molecular formula is C8H17NO3S. The van der Waals surface area contributed by atoms with Crippen LogP contribution < -0.4 is 5.73 Å². The van der Waals surface area contributed by atoms with Gasteiger partial charge in [0.2, 0.25) is 0 Å². The molecule has 1 saturated heterocycles. The molecule has 4 nitrogen and oxygen atoms in total. The number of nitrogens with two attached hydrogens (primary N) is 1. The number of sulfone groups is 1. The molecule has 3 N–H and O–H groups in total. The van der Waals surface area contributed by atoms with Gasteiger partial charge in [-0.05, 0) is 25.2 Å². The van der Waals surface area contributed by atoms with Gasteiger partial charge in [0.05, 0.1) is 18.1 Å². The fourth-order valence-electron chi connectivity index (χ4n) is 1.81. The van der Waals surface area contributed by atoms with Crippen LogP contribution in [0, 0.1) is 5.92 Å². The Labute approximate surface area is 79.0 Å². The third-order valence-corrected chi connectivity index (χ3v) is 4.32. The fraction of sp³-hybridized carbons (Fsp3) is 1.00. The van der Waals surface area contributed by atoms with Crippen LogP contribution >= 0.6 is 0 Å². The molecule has 1 fully saturated rings. The van der Waals surface area contributed by atoms with E-state index in [-0.39, 0.29) is 24.3 Å². The summed E-state index contributed by atoms with van der Waals surface area (Å²) < 4.78 is 22.5. The van der Waals surface area contributed by atoms with Crippen LogP contribution in [0.4, 0.5) is 0 Å². The van der Waals surface area contributed by atoms with Crippen LogP contribution in [-0.4, -0.2) is 37.7 Å². The average molecular weight is 207 g/mol. The first-order valence-electron chi connectivity index (χ1n) is 4.60. The second-order valence-electron chi connectivity index (χ2n) is 3.80. The van der Waals surface area contributed by atoms with Crippen molar-refractivity contribution in [2.75, 3.05) is 18.1 Å². The highest BCUT2D eigenvalue weighted by Crippen LogP contribution is 2.21. The summed E-state index contributed by atoms with van der Waals surface area (Å²) in [5.74, 6) is 0.722. The Morgan fingerprint density at radius 3 is 2.77 bits per heavy atom. The van der Waals surface area contributed by atoms with Gasteiger partial charge in [-0.1, -0.05) is 0 Å². The third-order valence-electron chi connectivity index (χ3n) is 2.43. The van der Waals surface area contributed by atoms with Crippen LogP contribution in [0.15, 0.2) is 0 Å². The molecule has 1 aliphatic rings. The van der Waals surface area contributed by atoms with Crippen LogP contribution in [0.5, 0.6) is 0 Å². The molecule has 5 heteroatoms. The molecule has 1 heterocycles. The van der Waals surface area contributed by atoms with Crippen molar-refractivity contribution in [1.29, 1.82) is 0 Å². The first-order valence-corrected chi connectivity index (χ1v) is 6.42. The summed E-state index contributed by atoms with van der Waals surface area (Å²) >= 11 is 0. The first kappa shape index (κ1) is 10.9. The van der Waals surface area contributed by atoms with E-state index in [2.05, 4.69) is 0 Å². The summed E-state index contributed by atoms with van der Waals surface area (Å²) in [6.07, 6.45) is 2.29. The molecule has 0 aromatic rings. The lowest BCUT2D eigenvalue weighted by Gasteiger charge is -2.23. The minimum absolute atomic E-state index is 0.0590. The van der Waals surface area contributed by atoms with Gasteiger partial charge >= 0.3 is 0 Å². The van der Waals surface area contributed by atoms with Gasteiger partial charge in [-0.3, -0.25) is 0 Å². The topological polar surface area (TPSA) is 80.4 Å². The maximum atomic E-state index is 11.2. The Balaban J connectivity index is 2.43. The Morgan fingerprint density at radius 2 is 2.23 bits per heavy atom. The van der Waals surface area contributed by atoms with Crippen LogP contribution in [0.25, 0.3) is 0 Å². The maximum absolute atomic E-state index is 11.2. The van der Waals surface area contributed by atoms with E-state index in [1.165, 1.54) is 0 Å². The van der Waals surface area contributed by atoms with Crippen molar-refractivity contribution in [3.05, 3.63) is 0 Å². The molecule has 2 unspecified atom stereocenters. The maximum Gasteiger partial charge on any atom is 0.150 e. The summed E-state index contributed by atoms with van der Waals surface area (Å²) in [5.41, 5.74) is 5.55. The smallest absolute Gasteiger partial charge is 0.150 e. The summed E-state index contributed by atoms with van der Waals surface area (Å²) in [6.45, 7) is -0.0590.